The van der Waals surface area contributed by atoms with Crippen molar-refractivity contribution in [1.29, 1.82) is 0 Å². The number of rotatable bonds is 9. The van der Waals surface area contributed by atoms with Crippen LogP contribution in [0.3, 0.4) is 0 Å². The van der Waals surface area contributed by atoms with Gasteiger partial charge in [-0.1, -0.05) is 66.2 Å². The fourth-order valence-electron chi connectivity index (χ4n) is 6.67. The van der Waals surface area contributed by atoms with Gasteiger partial charge < -0.3 is 37.3 Å². The Kier molecular flexibility index (Phi) is 14.0. The van der Waals surface area contributed by atoms with Crippen molar-refractivity contribution in [2.45, 2.75) is 86.0 Å². The Hall–Kier alpha value is -2.40. The Morgan fingerprint density at radius 2 is 1.64 bits per heavy atom. The summed E-state index contributed by atoms with van der Waals surface area (Å²) < 4.78 is 0. The first-order chi connectivity index (χ1) is 22.9. The number of likely N-dealkylation sites (N-methyl/N-ethyl adjacent to an activating group) is 1. The molecule has 0 radical (unpaired) electrons. The summed E-state index contributed by atoms with van der Waals surface area (Å²) in [6.07, 6.45) is 8.44. The minimum absolute atomic E-state index is 0.121. The highest BCUT2D eigenvalue weighted by Gasteiger charge is 2.24. The molecule has 0 amide bonds. The van der Waals surface area contributed by atoms with E-state index in [0.29, 0.717) is 18.6 Å². The van der Waals surface area contributed by atoms with Crippen molar-refractivity contribution in [3.8, 4) is 0 Å². The van der Waals surface area contributed by atoms with Crippen LogP contribution in [0.15, 0.2) is 82.7 Å². The molecule has 4 atom stereocenters. The van der Waals surface area contributed by atoms with Gasteiger partial charge in [-0.15, -0.1) is 0 Å². The lowest BCUT2D eigenvalue weighted by molar-refractivity contribution is 0.198. The van der Waals surface area contributed by atoms with Gasteiger partial charge in [0.05, 0.1) is 0 Å². The first-order valence-electron chi connectivity index (χ1n) is 17.4. The first kappa shape index (κ1) is 35.9. The summed E-state index contributed by atoms with van der Waals surface area (Å²) in [6.45, 7) is 7.21. The number of nitrogens with zero attached hydrogens (tertiary/aromatic N) is 1. The van der Waals surface area contributed by atoms with Gasteiger partial charge in [-0.3, -0.25) is 0 Å². The summed E-state index contributed by atoms with van der Waals surface area (Å²) in [6, 6.07) is 24.8. The number of hydrogen-bond donors (Lipinski definition) is 6. The quantitative estimate of drug-likeness (QED) is 0.113. The van der Waals surface area contributed by atoms with Crippen molar-refractivity contribution in [2.75, 3.05) is 39.8 Å². The van der Waals surface area contributed by atoms with E-state index in [-0.39, 0.29) is 12.1 Å². The van der Waals surface area contributed by atoms with E-state index in [4.69, 9.17) is 23.1 Å². The molecule has 8 N–H and O–H groups in total. The lowest BCUT2D eigenvalue weighted by Crippen LogP contribution is -2.50. The van der Waals surface area contributed by atoms with Crippen LogP contribution in [0, 0.1) is 0 Å². The van der Waals surface area contributed by atoms with E-state index in [1.54, 1.807) is 0 Å². The number of nitrogens with two attached hydrogens (primary N) is 2. The Labute approximate surface area is 291 Å². The second-order valence-electron chi connectivity index (χ2n) is 13.1. The molecule has 3 aromatic carbocycles. The predicted octanol–water partition coefficient (Wildman–Crippen LogP) is 6.46. The lowest BCUT2D eigenvalue weighted by atomic mass is 10.0. The summed E-state index contributed by atoms with van der Waals surface area (Å²) in [7, 11) is 2.29. The normalized spacial score (nSPS) is 22.1. The van der Waals surface area contributed by atoms with Gasteiger partial charge in [0.25, 0.3) is 0 Å². The SMILES string of the molecule is C[C@@H]1NC[C@H](Cc2c[nH]c3ccccc23)N(C)C[C@H](CCCCN)NC[C@H](CCCN)NCc2ccccc2Sc2ccc(Cl)cc21. The summed E-state index contributed by atoms with van der Waals surface area (Å²) >= 11 is 8.45. The van der Waals surface area contributed by atoms with E-state index >= 15 is 0 Å². The minimum Gasteiger partial charge on any atom is -0.361 e. The molecule has 1 aliphatic heterocycles. The maximum atomic E-state index is 6.62. The molecule has 5 rings (SSSR count). The molecule has 1 aromatic heterocycles. The van der Waals surface area contributed by atoms with Crippen LogP contribution >= 0.6 is 23.4 Å². The topological polar surface area (TPSA) is 107 Å². The van der Waals surface area contributed by atoms with Gasteiger partial charge in [0.2, 0.25) is 0 Å². The smallest absolute Gasteiger partial charge is 0.0456 e. The largest absolute Gasteiger partial charge is 0.361 e. The first-order valence-corrected chi connectivity index (χ1v) is 18.5. The lowest BCUT2D eigenvalue weighted by Gasteiger charge is -2.34. The number of para-hydroxylation sites is 1. The van der Waals surface area contributed by atoms with E-state index in [9.17, 15) is 0 Å². The summed E-state index contributed by atoms with van der Waals surface area (Å²) in [5.41, 5.74) is 17.0. The molecule has 0 fully saturated rings. The van der Waals surface area contributed by atoms with E-state index < -0.39 is 0 Å². The van der Waals surface area contributed by atoms with E-state index in [2.05, 4.69) is 107 Å². The number of aromatic nitrogens is 1. The molecule has 7 nitrogen and oxygen atoms in total. The molecular formula is C38H54ClN7S. The number of aromatic amines is 1. The van der Waals surface area contributed by atoms with Crippen LogP contribution in [0.1, 0.15) is 61.8 Å². The van der Waals surface area contributed by atoms with Crippen molar-refractivity contribution >= 4 is 34.3 Å². The van der Waals surface area contributed by atoms with Crippen molar-refractivity contribution < 1.29 is 0 Å². The number of nitrogens with one attached hydrogen (secondary N) is 4. The van der Waals surface area contributed by atoms with Crippen LogP contribution in [-0.2, 0) is 13.0 Å². The molecule has 254 valence electrons. The van der Waals surface area contributed by atoms with Crippen LogP contribution in [-0.4, -0.2) is 67.8 Å². The van der Waals surface area contributed by atoms with Gasteiger partial charge in [-0.2, -0.15) is 0 Å². The van der Waals surface area contributed by atoms with Crippen molar-refractivity contribution in [1.82, 2.24) is 25.8 Å². The maximum absolute atomic E-state index is 6.62. The van der Waals surface area contributed by atoms with Gasteiger partial charge >= 0.3 is 0 Å². The highest BCUT2D eigenvalue weighted by molar-refractivity contribution is 7.99. The zero-order chi connectivity index (χ0) is 33.0. The van der Waals surface area contributed by atoms with E-state index in [0.717, 1.165) is 76.3 Å². The average Bonchev–Trinajstić information content (AvgIpc) is 3.49. The average molecular weight is 676 g/mol. The van der Waals surface area contributed by atoms with Gasteiger partial charge in [0.1, 0.15) is 0 Å². The Bertz CT molecular complexity index is 1530. The third-order valence-electron chi connectivity index (χ3n) is 9.55. The molecule has 1 aliphatic rings. The van der Waals surface area contributed by atoms with E-state index in [1.165, 1.54) is 37.4 Å². The Morgan fingerprint density at radius 1 is 0.851 bits per heavy atom. The van der Waals surface area contributed by atoms with Crippen molar-refractivity contribution in [3.63, 3.8) is 0 Å². The highest BCUT2D eigenvalue weighted by atomic mass is 35.5. The van der Waals surface area contributed by atoms with Crippen LogP contribution in [0.4, 0.5) is 0 Å². The third-order valence-corrected chi connectivity index (χ3v) is 11.0. The van der Waals surface area contributed by atoms with Gasteiger partial charge in [0, 0.05) is 82.3 Å². The number of fused-ring (bicyclic) bond motifs is 3. The second kappa shape index (κ2) is 18.4. The highest BCUT2D eigenvalue weighted by Crippen LogP contribution is 2.37. The van der Waals surface area contributed by atoms with Crippen molar-refractivity contribution in [2.24, 2.45) is 11.5 Å². The van der Waals surface area contributed by atoms with Gasteiger partial charge in [0.15, 0.2) is 0 Å². The molecule has 9 heteroatoms. The molecular weight excluding hydrogens is 622 g/mol. The Morgan fingerprint density at radius 3 is 2.49 bits per heavy atom. The monoisotopic (exact) mass is 675 g/mol. The minimum atomic E-state index is 0.121. The molecule has 47 heavy (non-hydrogen) atoms. The number of hydrogen-bond acceptors (Lipinski definition) is 7. The molecule has 0 aliphatic carbocycles. The van der Waals surface area contributed by atoms with Gasteiger partial charge in [-0.25, -0.2) is 0 Å². The number of unbranched alkanes of at least 4 members (excludes halogenated alkanes) is 1. The zero-order valence-electron chi connectivity index (χ0n) is 28.1. The summed E-state index contributed by atoms with van der Waals surface area (Å²) in [5.74, 6) is 0. The van der Waals surface area contributed by atoms with Gasteiger partial charge in [-0.05, 0) is 106 Å². The number of benzene rings is 3. The predicted molar refractivity (Wildman–Crippen MR) is 200 cm³/mol. The standard InChI is InChI=1S/C38H54ClN7S/c1-27-35-21-30(39)16-17-38(35)47-37-15-6-3-10-28(37)22-43-31(12-9-19-41)24-44-32(11-7-8-18-40)26-46(2)33(25-42-27)20-29-23-45-36-14-5-4-13-34(29)36/h3-6,10,13-17,21,23,27,31-33,42-45H,7-9,11-12,18-20,22,24-26,40-41H2,1-2H3/t27-,31-,32-,33-/m0/s1. The van der Waals surface area contributed by atoms with Crippen LogP contribution in [0.2, 0.25) is 5.02 Å². The molecule has 2 heterocycles. The molecule has 4 aromatic rings. The fourth-order valence-corrected chi connectivity index (χ4v) is 8.00. The third kappa shape index (κ3) is 10.3. The zero-order valence-corrected chi connectivity index (χ0v) is 29.7. The number of H-pyrrole nitrogens is 1. The summed E-state index contributed by atoms with van der Waals surface area (Å²) in [5, 5.41) is 13.9. The number of halogens is 1. The molecule has 0 unspecified atom stereocenters. The summed E-state index contributed by atoms with van der Waals surface area (Å²) in [4.78, 5) is 8.56. The van der Waals surface area contributed by atoms with Crippen LogP contribution in [0.5, 0.6) is 0 Å². The Balaban J connectivity index is 1.48. The van der Waals surface area contributed by atoms with Crippen molar-refractivity contribution in [3.05, 3.63) is 94.6 Å². The second-order valence-corrected chi connectivity index (χ2v) is 14.6. The van der Waals surface area contributed by atoms with Crippen LogP contribution < -0.4 is 27.4 Å². The fraction of sp³-hybridized carbons (Fsp3) is 0.474. The molecule has 0 saturated heterocycles. The molecule has 0 spiro atoms. The molecule has 0 saturated carbocycles. The molecule has 0 bridgehead atoms. The maximum Gasteiger partial charge on any atom is 0.0456 e. The van der Waals surface area contributed by atoms with E-state index in [1.807, 2.05) is 17.8 Å². The van der Waals surface area contributed by atoms with Crippen LogP contribution in [0.25, 0.3) is 10.9 Å².